The Bertz CT molecular complexity index is 378. The fourth-order valence-electron chi connectivity index (χ4n) is 2.28. The fourth-order valence-corrected chi connectivity index (χ4v) is 2.75. The number of ether oxygens (including phenoxy) is 1. The third-order valence-corrected chi connectivity index (χ3v) is 3.72. The first-order chi connectivity index (χ1) is 8.03. The highest BCUT2D eigenvalue weighted by Gasteiger charge is 2.33. The number of nitrogens with zero attached hydrogens (tertiary/aromatic N) is 1. The molecule has 96 valence electrons. The summed E-state index contributed by atoms with van der Waals surface area (Å²) in [5.41, 5.74) is 5.77. The number of hydrogen-bond acceptors (Lipinski definition) is 4. The monoisotopic (exact) mass is 302 g/mol. The van der Waals surface area contributed by atoms with E-state index in [9.17, 15) is 0 Å². The van der Waals surface area contributed by atoms with Crippen LogP contribution in [0.1, 0.15) is 25.6 Å². The zero-order valence-electron chi connectivity index (χ0n) is 10.3. The van der Waals surface area contributed by atoms with E-state index in [1.165, 1.54) is 0 Å². The minimum Gasteiger partial charge on any atom is -0.466 e. The number of halogens is 1. The quantitative estimate of drug-likeness (QED) is 0.929. The van der Waals surface area contributed by atoms with E-state index in [2.05, 4.69) is 34.7 Å². The molecule has 17 heavy (non-hydrogen) atoms. The molecule has 1 saturated heterocycles. The van der Waals surface area contributed by atoms with Crippen LogP contribution in [0.4, 0.5) is 0 Å². The van der Waals surface area contributed by atoms with E-state index in [1.807, 2.05) is 6.07 Å². The molecular weight excluding hydrogens is 284 g/mol. The molecule has 2 rings (SSSR count). The highest BCUT2D eigenvalue weighted by molar-refractivity contribution is 9.10. The molecule has 1 fully saturated rings. The Morgan fingerprint density at radius 3 is 2.88 bits per heavy atom. The van der Waals surface area contributed by atoms with Crippen LogP contribution in [-0.2, 0) is 4.74 Å². The molecule has 1 aliphatic rings. The Kier molecular flexibility index (Phi) is 3.92. The highest BCUT2D eigenvalue weighted by Crippen LogP contribution is 2.31. The lowest BCUT2D eigenvalue weighted by Gasteiger charge is -2.41. The summed E-state index contributed by atoms with van der Waals surface area (Å²) in [5, 5.41) is 0. The predicted octanol–water partition coefficient (Wildman–Crippen LogP) is 2.15. The molecule has 1 aromatic rings. The molecule has 4 nitrogen and oxygen atoms in total. The van der Waals surface area contributed by atoms with E-state index in [-0.39, 0.29) is 11.6 Å². The van der Waals surface area contributed by atoms with Crippen molar-refractivity contribution in [3.8, 4) is 0 Å². The van der Waals surface area contributed by atoms with Gasteiger partial charge in [0.25, 0.3) is 0 Å². The minimum absolute atomic E-state index is 0.113. The normalized spacial score (nSPS) is 22.6. The van der Waals surface area contributed by atoms with Crippen LogP contribution in [0.15, 0.2) is 21.2 Å². The van der Waals surface area contributed by atoms with Crippen molar-refractivity contribution < 1.29 is 9.15 Å². The molecular formula is C12H19BrN2O2. The topological polar surface area (TPSA) is 51.6 Å². The smallest absolute Gasteiger partial charge is 0.136 e. The summed E-state index contributed by atoms with van der Waals surface area (Å²) in [5.74, 6) is 0.908. The second-order valence-corrected chi connectivity index (χ2v) is 5.82. The lowest BCUT2D eigenvalue weighted by molar-refractivity contribution is -0.0985. The Morgan fingerprint density at radius 2 is 2.35 bits per heavy atom. The lowest BCUT2D eigenvalue weighted by atomic mass is 10.0. The van der Waals surface area contributed by atoms with Crippen LogP contribution in [0.25, 0.3) is 0 Å². The van der Waals surface area contributed by atoms with Crippen LogP contribution >= 0.6 is 15.9 Å². The van der Waals surface area contributed by atoms with Gasteiger partial charge in [-0.1, -0.05) is 0 Å². The van der Waals surface area contributed by atoms with Gasteiger partial charge in [0.2, 0.25) is 0 Å². The SMILES string of the molecule is CC1(C)CN(C(CN)c2occc2Br)CCO1. The van der Waals surface area contributed by atoms with Gasteiger partial charge < -0.3 is 14.9 Å². The highest BCUT2D eigenvalue weighted by atomic mass is 79.9. The number of morpholine rings is 1. The summed E-state index contributed by atoms with van der Waals surface area (Å²) in [4.78, 5) is 2.33. The number of furan rings is 1. The summed E-state index contributed by atoms with van der Waals surface area (Å²) < 4.78 is 12.2. The molecule has 2 heterocycles. The molecule has 5 heteroatoms. The third kappa shape index (κ3) is 2.91. The van der Waals surface area contributed by atoms with Gasteiger partial charge in [0.15, 0.2) is 0 Å². The fraction of sp³-hybridized carbons (Fsp3) is 0.667. The summed E-state index contributed by atoms with van der Waals surface area (Å²) >= 11 is 3.50. The van der Waals surface area contributed by atoms with Gasteiger partial charge in [-0.15, -0.1) is 0 Å². The molecule has 1 atom stereocenters. The standard InChI is InChI=1S/C12H19BrN2O2/c1-12(2)8-15(4-6-17-12)10(7-14)11-9(13)3-5-16-11/h3,5,10H,4,6-8,14H2,1-2H3. The minimum atomic E-state index is -0.120. The molecule has 0 saturated carbocycles. The van der Waals surface area contributed by atoms with Crippen molar-refractivity contribution >= 4 is 15.9 Å². The van der Waals surface area contributed by atoms with Crippen molar-refractivity contribution in [1.82, 2.24) is 4.90 Å². The van der Waals surface area contributed by atoms with Gasteiger partial charge in [0.1, 0.15) is 5.76 Å². The van der Waals surface area contributed by atoms with Gasteiger partial charge in [0, 0.05) is 19.6 Å². The van der Waals surface area contributed by atoms with E-state index >= 15 is 0 Å². The van der Waals surface area contributed by atoms with Crippen molar-refractivity contribution in [1.29, 1.82) is 0 Å². The lowest BCUT2D eigenvalue weighted by Crippen LogP contribution is -2.50. The molecule has 2 N–H and O–H groups in total. The average molecular weight is 303 g/mol. The molecule has 0 radical (unpaired) electrons. The maximum atomic E-state index is 5.89. The maximum absolute atomic E-state index is 5.89. The number of hydrogen-bond donors (Lipinski definition) is 1. The van der Waals surface area contributed by atoms with Crippen LogP contribution < -0.4 is 5.73 Å². The number of rotatable bonds is 3. The van der Waals surface area contributed by atoms with Crippen LogP contribution in [0, 0.1) is 0 Å². The summed E-state index contributed by atoms with van der Waals surface area (Å²) in [6, 6.07) is 2.02. The van der Waals surface area contributed by atoms with E-state index in [4.69, 9.17) is 14.9 Å². The van der Waals surface area contributed by atoms with Gasteiger partial charge in [-0.2, -0.15) is 0 Å². The molecule has 0 amide bonds. The van der Waals surface area contributed by atoms with Gasteiger partial charge in [-0.05, 0) is 35.8 Å². The Morgan fingerprint density at radius 1 is 1.59 bits per heavy atom. The van der Waals surface area contributed by atoms with E-state index in [0.717, 1.165) is 29.9 Å². The molecule has 1 aromatic heterocycles. The van der Waals surface area contributed by atoms with Crippen molar-refractivity contribution in [2.75, 3.05) is 26.2 Å². The first-order valence-electron chi connectivity index (χ1n) is 5.84. The van der Waals surface area contributed by atoms with Crippen molar-refractivity contribution in [2.24, 2.45) is 5.73 Å². The van der Waals surface area contributed by atoms with Crippen LogP contribution in [0.2, 0.25) is 0 Å². The Balaban J connectivity index is 2.16. The van der Waals surface area contributed by atoms with Gasteiger partial charge in [0.05, 0.1) is 29.0 Å². The Labute approximate surface area is 110 Å². The predicted molar refractivity (Wildman–Crippen MR) is 69.8 cm³/mol. The first-order valence-corrected chi connectivity index (χ1v) is 6.64. The van der Waals surface area contributed by atoms with Crippen molar-refractivity contribution in [3.63, 3.8) is 0 Å². The van der Waals surface area contributed by atoms with Crippen LogP contribution in [-0.4, -0.2) is 36.7 Å². The van der Waals surface area contributed by atoms with Gasteiger partial charge in [-0.3, -0.25) is 4.90 Å². The van der Waals surface area contributed by atoms with E-state index in [0.29, 0.717) is 6.54 Å². The summed E-state index contributed by atoms with van der Waals surface area (Å²) in [6.45, 7) is 7.23. The second kappa shape index (κ2) is 5.10. The second-order valence-electron chi connectivity index (χ2n) is 4.96. The molecule has 0 spiro atoms. The molecule has 0 aromatic carbocycles. The van der Waals surface area contributed by atoms with Gasteiger partial charge in [-0.25, -0.2) is 0 Å². The molecule has 1 aliphatic heterocycles. The summed E-state index contributed by atoms with van der Waals surface area (Å²) in [6.07, 6.45) is 1.69. The average Bonchev–Trinajstić information content (AvgIpc) is 2.65. The summed E-state index contributed by atoms with van der Waals surface area (Å²) in [7, 11) is 0. The number of nitrogens with two attached hydrogens (primary N) is 1. The van der Waals surface area contributed by atoms with E-state index in [1.54, 1.807) is 6.26 Å². The van der Waals surface area contributed by atoms with Crippen LogP contribution in [0.3, 0.4) is 0 Å². The van der Waals surface area contributed by atoms with Crippen molar-refractivity contribution in [3.05, 3.63) is 22.6 Å². The maximum Gasteiger partial charge on any atom is 0.136 e. The largest absolute Gasteiger partial charge is 0.466 e. The molecule has 1 unspecified atom stereocenters. The zero-order chi connectivity index (χ0) is 12.5. The molecule has 0 bridgehead atoms. The van der Waals surface area contributed by atoms with Crippen molar-refractivity contribution in [2.45, 2.75) is 25.5 Å². The van der Waals surface area contributed by atoms with Crippen LogP contribution in [0.5, 0.6) is 0 Å². The first kappa shape index (κ1) is 13.1. The van der Waals surface area contributed by atoms with E-state index < -0.39 is 0 Å². The van der Waals surface area contributed by atoms with Gasteiger partial charge >= 0.3 is 0 Å². The molecule has 0 aliphatic carbocycles. The third-order valence-electron chi connectivity index (χ3n) is 3.07. The Hall–Kier alpha value is -0.360. The zero-order valence-corrected chi connectivity index (χ0v) is 11.9.